The highest BCUT2D eigenvalue weighted by Crippen LogP contribution is 2.27. The first kappa shape index (κ1) is 26.3. The highest BCUT2D eigenvalue weighted by Gasteiger charge is 2.29. The molecular formula is C28H43N3O3. The lowest BCUT2D eigenvalue weighted by molar-refractivity contribution is -0.137. The van der Waals surface area contributed by atoms with Crippen LogP contribution in [-0.2, 0) is 9.59 Å². The summed E-state index contributed by atoms with van der Waals surface area (Å²) in [5.74, 6) is 1.70. The highest BCUT2D eigenvalue weighted by atomic mass is 16.5. The second-order valence-corrected chi connectivity index (χ2v) is 9.59. The number of benzene rings is 1. The molecule has 1 saturated carbocycles. The topological polar surface area (TPSA) is 53.1 Å². The molecule has 1 aliphatic carbocycles. The second-order valence-electron chi connectivity index (χ2n) is 9.59. The summed E-state index contributed by atoms with van der Waals surface area (Å²) in [6.45, 7) is 7.76. The Balaban J connectivity index is 1.50. The monoisotopic (exact) mass is 469 g/mol. The maximum absolute atomic E-state index is 12.9. The number of amides is 2. The molecular weight excluding hydrogens is 426 g/mol. The van der Waals surface area contributed by atoms with Gasteiger partial charge in [-0.25, -0.2) is 0 Å². The van der Waals surface area contributed by atoms with Crippen LogP contribution in [0.5, 0.6) is 5.75 Å². The van der Waals surface area contributed by atoms with Crippen LogP contribution in [0, 0.1) is 5.92 Å². The van der Waals surface area contributed by atoms with Crippen LogP contribution in [0.4, 0.5) is 0 Å². The average molecular weight is 470 g/mol. The van der Waals surface area contributed by atoms with Gasteiger partial charge in [0.15, 0.2) is 0 Å². The average Bonchev–Trinajstić information content (AvgIpc) is 3.41. The molecule has 1 aromatic rings. The third-order valence-electron chi connectivity index (χ3n) is 7.18. The number of carbonyl (C=O) groups excluding carboxylic acids is 2. The third kappa shape index (κ3) is 7.86. The van der Waals surface area contributed by atoms with Gasteiger partial charge in [-0.3, -0.25) is 14.5 Å². The number of unbranched alkanes of at least 4 members (excludes halogenated alkanes) is 2. The van der Waals surface area contributed by atoms with Crippen molar-refractivity contribution in [3.8, 4) is 5.75 Å². The molecule has 0 aromatic heterocycles. The molecule has 0 radical (unpaired) electrons. The van der Waals surface area contributed by atoms with Crippen LogP contribution in [0.25, 0.3) is 6.08 Å². The van der Waals surface area contributed by atoms with E-state index in [2.05, 4.69) is 22.8 Å². The summed E-state index contributed by atoms with van der Waals surface area (Å²) in [7, 11) is 1.68. The molecule has 3 rings (SSSR count). The number of para-hydroxylation sites is 1. The van der Waals surface area contributed by atoms with E-state index in [1.54, 1.807) is 7.11 Å². The first-order valence-electron chi connectivity index (χ1n) is 13.2. The number of hydrogen-bond donors (Lipinski definition) is 0. The normalized spacial score (nSPS) is 17.4. The summed E-state index contributed by atoms with van der Waals surface area (Å²) in [5.41, 5.74) is 1.02. The van der Waals surface area contributed by atoms with Gasteiger partial charge in [-0.2, -0.15) is 0 Å². The van der Waals surface area contributed by atoms with Crippen LogP contribution >= 0.6 is 0 Å². The Morgan fingerprint density at radius 3 is 2.53 bits per heavy atom. The van der Waals surface area contributed by atoms with Gasteiger partial charge >= 0.3 is 0 Å². The number of nitrogens with zero attached hydrogens (tertiary/aromatic N) is 3. The lowest BCUT2D eigenvalue weighted by Gasteiger charge is -2.36. The smallest absolute Gasteiger partial charge is 0.225 e. The van der Waals surface area contributed by atoms with E-state index in [0.29, 0.717) is 18.9 Å². The fourth-order valence-electron chi connectivity index (χ4n) is 5.00. The van der Waals surface area contributed by atoms with E-state index in [0.717, 1.165) is 82.7 Å². The number of methoxy groups -OCH3 is 1. The second kappa shape index (κ2) is 14.1. The quantitative estimate of drug-likeness (QED) is 0.425. The van der Waals surface area contributed by atoms with Crippen molar-refractivity contribution >= 4 is 17.9 Å². The fraction of sp³-hybridized carbons (Fsp3) is 0.643. The molecule has 1 aromatic carbocycles. The summed E-state index contributed by atoms with van der Waals surface area (Å²) < 4.78 is 5.43. The molecule has 0 N–H and O–H groups in total. The Morgan fingerprint density at radius 1 is 1.09 bits per heavy atom. The number of hydrogen-bond acceptors (Lipinski definition) is 4. The van der Waals surface area contributed by atoms with Gasteiger partial charge in [-0.05, 0) is 25.3 Å². The van der Waals surface area contributed by atoms with Crippen LogP contribution in [0.3, 0.4) is 0 Å². The minimum absolute atomic E-state index is 0.230. The third-order valence-corrected chi connectivity index (χ3v) is 7.18. The molecule has 2 fully saturated rings. The van der Waals surface area contributed by atoms with Gasteiger partial charge in [-0.1, -0.05) is 63.0 Å². The molecule has 2 amide bonds. The summed E-state index contributed by atoms with van der Waals surface area (Å²) in [4.78, 5) is 32.1. The van der Waals surface area contributed by atoms with Gasteiger partial charge in [0.25, 0.3) is 0 Å². The zero-order valence-corrected chi connectivity index (χ0v) is 21.2. The summed E-state index contributed by atoms with van der Waals surface area (Å²) in [6.07, 6.45) is 12.4. The Kier molecular flexibility index (Phi) is 10.9. The standard InChI is InChI=1S/C28H43N3O3/c1-3-4-5-16-27(32)30(17-10-14-24-11-8-9-15-26(24)34-2)21-18-29-19-22-31(23-20-29)28(33)25-12-6-7-13-25/h8-11,14-15,25H,3-7,12-13,16-23H2,1-2H3/b14-10+. The molecule has 1 saturated heterocycles. The Labute approximate surface area is 205 Å². The SMILES string of the molecule is CCCCCC(=O)N(C/C=C/c1ccccc1OC)CCN1CCN(C(=O)C2CCCC2)CC1. The van der Waals surface area contributed by atoms with E-state index in [4.69, 9.17) is 4.74 Å². The molecule has 6 nitrogen and oxygen atoms in total. The number of piperazine rings is 1. The van der Waals surface area contributed by atoms with Crippen LogP contribution in [-0.4, -0.2) is 79.4 Å². The number of ether oxygens (including phenoxy) is 1. The predicted molar refractivity (Wildman–Crippen MR) is 138 cm³/mol. The van der Waals surface area contributed by atoms with Crippen LogP contribution in [0.1, 0.15) is 63.9 Å². The van der Waals surface area contributed by atoms with Crippen LogP contribution in [0.15, 0.2) is 30.3 Å². The zero-order chi connectivity index (χ0) is 24.2. The molecule has 1 aliphatic heterocycles. The number of rotatable bonds is 12. The van der Waals surface area contributed by atoms with Crippen LogP contribution < -0.4 is 4.74 Å². The lowest BCUT2D eigenvalue weighted by Crippen LogP contribution is -2.51. The predicted octanol–water partition coefficient (Wildman–Crippen LogP) is 4.45. The maximum Gasteiger partial charge on any atom is 0.225 e. The highest BCUT2D eigenvalue weighted by molar-refractivity contribution is 5.79. The molecule has 6 heteroatoms. The summed E-state index contributed by atoms with van der Waals surface area (Å²) in [5, 5.41) is 0. The molecule has 188 valence electrons. The van der Waals surface area contributed by atoms with Gasteiger partial charge in [0.2, 0.25) is 11.8 Å². The van der Waals surface area contributed by atoms with Crippen molar-refractivity contribution in [2.24, 2.45) is 5.92 Å². The molecule has 0 unspecified atom stereocenters. The van der Waals surface area contributed by atoms with Crippen molar-refractivity contribution in [3.63, 3.8) is 0 Å². The van der Waals surface area contributed by atoms with Crippen molar-refractivity contribution < 1.29 is 14.3 Å². The van der Waals surface area contributed by atoms with Gasteiger partial charge in [-0.15, -0.1) is 0 Å². The van der Waals surface area contributed by atoms with Crippen molar-refractivity contribution in [1.29, 1.82) is 0 Å². The molecule has 1 heterocycles. The minimum Gasteiger partial charge on any atom is -0.496 e. The Hall–Kier alpha value is -2.34. The van der Waals surface area contributed by atoms with E-state index in [-0.39, 0.29) is 11.8 Å². The number of carbonyl (C=O) groups is 2. The largest absolute Gasteiger partial charge is 0.496 e. The molecule has 2 aliphatic rings. The van der Waals surface area contributed by atoms with Crippen molar-refractivity contribution in [1.82, 2.24) is 14.7 Å². The maximum atomic E-state index is 12.9. The zero-order valence-electron chi connectivity index (χ0n) is 21.2. The van der Waals surface area contributed by atoms with Gasteiger partial charge < -0.3 is 14.5 Å². The first-order chi connectivity index (χ1) is 16.6. The summed E-state index contributed by atoms with van der Waals surface area (Å²) >= 11 is 0. The Bertz CT molecular complexity index is 796. The van der Waals surface area contributed by atoms with E-state index in [1.807, 2.05) is 35.2 Å². The van der Waals surface area contributed by atoms with Gasteiger partial charge in [0.1, 0.15) is 5.75 Å². The fourth-order valence-corrected chi connectivity index (χ4v) is 5.00. The summed E-state index contributed by atoms with van der Waals surface area (Å²) in [6, 6.07) is 7.92. The minimum atomic E-state index is 0.230. The van der Waals surface area contributed by atoms with E-state index in [9.17, 15) is 9.59 Å². The molecule has 0 spiro atoms. The van der Waals surface area contributed by atoms with Crippen molar-refractivity contribution in [2.75, 3.05) is 52.9 Å². The first-order valence-corrected chi connectivity index (χ1v) is 13.2. The van der Waals surface area contributed by atoms with E-state index < -0.39 is 0 Å². The van der Waals surface area contributed by atoms with Crippen LogP contribution in [0.2, 0.25) is 0 Å². The van der Waals surface area contributed by atoms with Crippen molar-refractivity contribution in [2.45, 2.75) is 58.3 Å². The van der Waals surface area contributed by atoms with Gasteiger partial charge in [0, 0.05) is 63.7 Å². The molecule has 0 atom stereocenters. The Morgan fingerprint density at radius 2 is 1.82 bits per heavy atom. The van der Waals surface area contributed by atoms with Crippen molar-refractivity contribution in [3.05, 3.63) is 35.9 Å². The lowest BCUT2D eigenvalue weighted by atomic mass is 10.1. The molecule has 0 bridgehead atoms. The van der Waals surface area contributed by atoms with Gasteiger partial charge in [0.05, 0.1) is 7.11 Å². The van der Waals surface area contributed by atoms with E-state index >= 15 is 0 Å². The molecule has 34 heavy (non-hydrogen) atoms. The van der Waals surface area contributed by atoms with E-state index in [1.165, 1.54) is 12.8 Å².